The maximum absolute atomic E-state index is 14.1. The summed E-state index contributed by atoms with van der Waals surface area (Å²) >= 11 is 0. The Kier molecular flexibility index (Phi) is 7.06. The highest BCUT2D eigenvalue weighted by Gasteiger charge is 2.54. The Morgan fingerprint density at radius 3 is 2.75 bits per heavy atom. The van der Waals surface area contributed by atoms with E-state index in [0.717, 1.165) is 11.8 Å². The van der Waals surface area contributed by atoms with Crippen LogP contribution in [0, 0.1) is 11.6 Å². The third kappa shape index (κ3) is 4.69. The summed E-state index contributed by atoms with van der Waals surface area (Å²) in [6.07, 6.45) is 1.60. The quantitative estimate of drug-likeness (QED) is 0.554. The van der Waals surface area contributed by atoms with Crippen molar-refractivity contribution in [2.75, 3.05) is 13.2 Å². The lowest BCUT2D eigenvalue weighted by Crippen LogP contribution is -2.52. The number of hydrogen-bond donors (Lipinski definition) is 1. The standard InChI is InChI=1S/C27H28F2N4O7.H2/c1-4-38-26(37)39-23-21-25(36)32-13-20(27(8-7-15(32)3)10-14(2)31-40-27)33(21)12-18(22(23)34)24(35)30-11-16-5-6-17(28)9-19(16)29;/h5-6,9,12,15,20H,4,7-8,10-11,13H2,1-3H3,(H,30,35);1H/t15-,20+,27-;/m0./s1. The fourth-order valence-corrected chi connectivity index (χ4v) is 5.53. The van der Waals surface area contributed by atoms with Gasteiger partial charge in [0.25, 0.3) is 11.8 Å². The molecule has 5 rings (SSSR count). The number of carbonyl (C=O) groups excluding carboxylic acids is 3. The first-order chi connectivity index (χ1) is 19.0. The van der Waals surface area contributed by atoms with Gasteiger partial charge in [-0.3, -0.25) is 14.4 Å². The minimum absolute atomic E-state index is 0. The zero-order chi connectivity index (χ0) is 28.8. The predicted octanol–water partition coefficient (Wildman–Crippen LogP) is 3.55. The summed E-state index contributed by atoms with van der Waals surface area (Å²) in [7, 11) is 0. The molecule has 2 aromatic rings. The van der Waals surface area contributed by atoms with Gasteiger partial charge < -0.3 is 29.1 Å². The lowest BCUT2D eigenvalue weighted by atomic mass is 9.84. The van der Waals surface area contributed by atoms with Crippen LogP contribution < -0.4 is 15.5 Å². The van der Waals surface area contributed by atoms with E-state index in [9.17, 15) is 28.0 Å². The number of ether oxygens (including phenoxy) is 2. The fourth-order valence-electron chi connectivity index (χ4n) is 5.53. The Labute approximate surface area is 229 Å². The summed E-state index contributed by atoms with van der Waals surface area (Å²) in [6.45, 7) is 5.04. The van der Waals surface area contributed by atoms with Gasteiger partial charge in [-0.05, 0) is 39.7 Å². The van der Waals surface area contributed by atoms with Crippen LogP contribution >= 0.6 is 0 Å². The van der Waals surface area contributed by atoms with Gasteiger partial charge in [0.1, 0.15) is 17.2 Å². The van der Waals surface area contributed by atoms with Crippen molar-refractivity contribution in [3.05, 3.63) is 63.1 Å². The lowest BCUT2D eigenvalue weighted by Gasteiger charge is -2.42. The highest BCUT2D eigenvalue weighted by atomic mass is 19.1. The van der Waals surface area contributed by atoms with Gasteiger partial charge in [-0.2, -0.15) is 0 Å². The second-order valence-corrected chi connectivity index (χ2v) is 10.2. The van der Waals surface area contributed by atoms with Crippen LogP contribution in [0.1, 0.15) is 73.9 Å². The molecule has 1 aromatic carbocycles. The Hall–Kier alpha value is -4.29. The average molecular weight is 561 g/mol. The van der Waals surface area contributed by atoms with Crippen molar-refractivity contribution in [3.8, 4) is 5.75 Å². The van der Waals surface area contributed by atoms with E-state index in [1.54, 1.807) is 11.8 Å². The molecule has 1 saturated heterocycles. The Morgan fingerprint density at radius 2 is 2.08 bits per heavy atom. The molecule has 3 atom stereocenters. The van der Waals surface area contributed by atoms with Crippen LogP contribution in [0.4, 0.5) is 13.6 Å². The number of nitrogens with zero attached hydrogens (tertiary/aromatic N) is 3. The molecule has 0 radical (unpaired) electrons. The van der Waals surface area contributed by atoms with Crippen LogP contribution in [-0.4, -0.2) is 57.9 Å². The first-order valence-corrected chi connectivity index (χ1v) is 12.9. The highest BCUT2D eigenvalue weighted by molar-refractivity contribution is 6.00. The molecule has 3 aliphatic heterocycles. The van der Waals surface area contributed by atoms with Crippen molar-refractivity contribution < 1.29 is 38.9 Å². The number of amides is 2. The van der Waals surface area contributed by atoms with E-state index in [1.807, 2.05) is 13.8 Å². The number of halogens is 2. The van der Waals surface area contributed by atoms with Crippen LogP contribution in [0.5, 0.6) is 5.75 Å². The maximum atomic E-state index is 14.1. The Morgan fingerprint density at radius 1 is 1.30 bits per heavy atom. The summed E-state index contributed by atoms with van der Waals surface area (Å²) in [5, 5.41) is 6.61. The van der Waals surface area contributed by atoms with E-state index >= 15 is 0 Å². The molecule has 0 aliphatic carbocycles. The summed E-state index contributed by atoms with van der Waals surface area (Å²) in [5.41, 5.74) is -1.81. The minimum Gasteiger partial charge on any atom is -0.434 e. The van der Waals surface area contributed by atoms with Gasteiger partial charge in [-0.15, -0.1) is 0 Å². The largest absolute Gasteiger partial charge is 0.514 e. The third-order valence-corrected chi connectivity index (χ3v) is 7.57. The second-order valence-electron chi connectivity index (χ2n) is 10.2. The number of aromatic nitrogens is 1. The van der Waals surface area contributed by atoms with Crippen LogP contribution in [0.2, 0.25) is 0 Å². The number of carbonyl (C=O) groups is 3. The van der Waals surface area contributed by atoms with Crippen LogP contribution in [-0.2, 0) is 16.1 Å². The monoisotopic (exact) mass is 560 g/mol. The van der Waals surface area contributed by atoms with Crippen molar-refractivity contribution in [1.82, 2.24) is 14.8 Å². The molecular weight excluding hydrogens is 530 g/mol. The summed E-state index contributed by atoms with van der Waals surface area (Å²) in [5.74, 6) is -3.77. The fraction of sp³-hybridized carbons (Fsp3) is 0.444. The van der Waals surface area contributed by atoms with Crippen LogP contribution in [0.25, 0.3) is 0 Å². The molecule has 2 bridgehead atoms. The van der Waals surface area contributed by atoms with Crippen molar-refractivity contribution >= 4 is 23.7 Å². The molecule has 40 heavy (non-hydrogen) atoms. The van der Waals surface area contributed by atoms with Gasteiger partial charge in [0.2, 0.25) is 11.2 Å². The van der Waals surface area contributed by atoms with Crippen molar-refractivity contribution in [2.45, 2.75) is 64.3 Å². The maximum Gasteiger partial charge on any atom is 0.514 e. The molecule has 214 valence electrons. The number of hydrogen-bond acceptors (Lipinski definition) is 8. The molecule has 0 saturated carbocycles. The summed E-state index contributed by atoms with van der Waals surface area (Å²) < 4.78 is 39.0. The zero-order valence-corrected chi connectivity index (χ0v) is 22.2. The highest BCUT2D eigenvalue weighted by Crippen LogP contribution is 2.46. The number of fused-ring (bicyclic) bond motifs is 5. The number of nitrogens with one attached hydrogen (secondary N) is 1. The van der Waals surface area contributed by atoms with E-state index in [2.05, 4.69) is 10.5 Å². The van der Waals surface area contributed by atoms with Gasteiger partial charge in [0, 0.05) is 44.8 Å². The van der Waals surface area contributed by atoms with E-state index < -0.39 is 58.0 Å². The Bertz CT molecular complexity index is 1500. The van der Waals surface area contributed by atoms with Gasteiger partial charge in [-0.1, -0.05) is 11.2 Å². The van der Waals surface area contributed by atoms with Gasteiger partial charge >= 0.3 is 6.16 Å². The molecule has 13 heteroatoms. The molecule has 11 nitrogen and oxygen atoms in total. The molecule has 3 aliphatic rings. The summed E-state index contributed by atoms with van der Waals surface area (Å²) in [4.78, 5) is 60.5. The first kappa shape index (κ1) is 27.3. The molecule has 4 heterocycles. The number of oxime groups is 1. The number of pyridine rings is 1. The van der Waals surface area contributed by atoms with Gasteiger partial charge in [0.15, 0.2) is 11.3 Å². The second kappa shape index (κ2) is 10.4. The van der Waals surface area contributed by atoms with Crippen molar-refractivity contribution in [3.63, 3.8) is 0 Å². The predicted molar refractivity (Wildman–Crippen MR) is 138 cm³/mol. The van der Waals surface area contributed by atoms with Gasteiger partial charge in [0.05, 0.1) is 18.4 Å². The van der Waals surface area contributed by atoms with Crippen molar-refractivity contribution in [2.24, 2.45) is 5.16 Å². The van der Waals surface area contributed by atoms with E-state index in [-0.39, 0.29) is 38.4 Å². The van der Waals surface area contributed by atoms with E-state index in [0.29, 0.717) is 25.3 Å². The number of benzene rings is 1. The zero-order valence-electron chi connectivity index (χ0n) is 22.2. The van der Waals surface area contributed by atoms with Gasteiger partial charge in [-0.25, -0.2) is 13.6 Å². The van der Waals surface area contributed by atoms with Crippen LogP contribution in [0.3, 0.4) is 0 Å². The average Bonchev–Trinajstić information content (AvgIpc) is 3.23. The summed E-state index contributed by atoms with van der Waals surface area (Å²) in [6, 6.07) is 2.09. The van der Waals surface area contributed by atoms with E-state index in [4.69, 9.17) is 14.3 Å². The molecule has 2 amide bonds. The van der Waals surface area contributed by atoms with E-state index in [1.165, 1.54) is 16.8 Å². The van der Waals surface area contributed by atoms with Crippen molar-refractivity contribution in [1.29, 1.82) is 0 Å². The third-order valence-electron chi connectivity index (χ3n) is 7.57. The molecule has 1 fully saturated rings. The molecule has 1 N–H and O–H groups in total. The molecule has 1 aromatic heterocycles. The Balaban J connectivity index is 0.00000387. The minimum atomic E-state index is -1.22. The smallest absolute Gasteiger partial charge is 0.434 e. The first-order valence-electron chi connectivity index (χ1n) is 12.9. The number of rotatable bonds is 5. The molecule has 1 spiro atoms. The molecular formula is C27H30F2N4O7. The topological polar surface area (TPSA) is 129 Å². The molecule has 0 unspecified atom stereocenters. The van der Waals surface area contributed by atoms with Crippen LogP contribution in [0.15, 0.2) is 34.3 Å². The normalized spacial score (nSPS) is 23.2. The SMILES string of the molecule is CCOC(=O)Oc1c2n(cc(C(=O)NCc3ccc(F)cc3F)c1=O)[C@@H]1CN(C2=O)[C@@H](C)CC[C@]12CC(C)=NO2.[HH]. The lowest BCUT2D eigenvalue weighted by molar-refractivity contribution is -0.0655.